The fourth-order valence-electron chi connectivity index (χ4n) is 2.33. The maximum Gasteiger partial charge on any atom is 0.312 e. The Labute approximate surface area is 122 Å². The van der Waals surface area contributed by atoms with E-state index in [1.165, 1.54) is 23.5 Å². The molecule has 1 aromatic rings. The predicted octanol–water partition coefficient (Wildman–Crippen LogP) is 0.573. The lowest BCUT2D eigenvalue weighted by Crippen LogP contribution is -2.30. The molecule has 1 aromatic carbocycles. The van der Waals surface area contributed by atoms with Gasteiger partial charge in [-0.3, -0.25) is 10.1 Å². The van der Waals surface area contributed by atoms with Crippen LogP contribution in [0.25, 0.3) is 0 Å². The fourth-order valence-corrected chi connectivity index (χ4v) is 3.88. The van der Waals surface area contributed by atoms with Crippen molar-refractivity contribution in [2.45, 2.75) is 11.3 Å². The zero-order valence-corrected chi connectivity index (χ0v) is 12.4. The van der Waals surface area contributed by atoms with E-state index in [4.69, 9.17) is 10.5 Å². The zero-order valence-electron chi connectivity index (χ0n) is 11.6. The molecule has 1 unspecified atom stereocenters. The molecule has 1 heterocycles. The second-order valence-electron chi connectivity index (χ2n) is 4.84. The summed E-state index contributed by atoms with van der Waals surface area (Å²) in [6.07, 6.45) is 0.702. The van der Waals surface area contributed by atoms with E-state index in [1.54, 1.807) is 0 Å². The number of nitrogens with two attached hydrogens (primary N) is 1. The molecule has 0 bridgehead atoms. The molecular formula is C12H17N3O5S. The number of hydrogen-bond acceptors (Lipinski definition) is 6. The first-order chi connectivity index (χ1) is 9.90. The topological polar surface area (TPSA) is 116 Å². The van der Waals surface area contributed by atoms with Gasteiger partial charge in [-0.05, 0) is 31.0 Å². The molecule has 1 fully saturated rings. The molecule has 1 aliphatic heterocycles. The number of ether oxygens (including phenoxy) is 1. The normalized spacial score (nSPS) is 19.6. The first-order valence-corrected chi connectivity index (χ1v) is 7.86. The molecule has 0 amide bonds. The standard InChI is InChI=1S/C12H17N3O5S/c1-20-12-3-2-10(6-11(12)15(16)17)21(18,19)14-5-4-9(7-13)8-14/h2-3,6,9H,4-5,7-8,13H2,1H3. The van der Waals surface area contributed by atoms with Gasteiger partial charge in [0.25, 0.3) is 0 Å². The third kappa shape index (κ3) is 2.99. The number of nitro groups is 1. The second-order valence-corrected chi connectivity index (χ2v) is 6.78. The number of methoxy groups -OCH3 is 1. The summed E-state index contributed by atoms with van der Waals surface area (Å²) in [7, 11) is -2.45. The van der Waals surface area contributed by atoms with Gasteiger partial charge >= 0.3 is 5.69 Å². The van der Waals surface area contributed by atoms with Crippen molar-refractivity contribution in [1.29, 1.82) is 0 Å². The van der Waals surface area contributed by atoms with E-state index >= 15 is 0 Å². The molecule has 8 nitrogen and oxygen atoms in total. The smallest absolute Gasteiger partial charge is 0.312 e. The molecule has 2 rings (SSSR count). The highest BCUT2D eigenvalue weighted by Gasteiger charge is 2.33. The highest BCUT2D eigenvalue weighted by molar-refractivity contribution is 7.89. The maximum absolute atomic E-state index is 12.5. The number of sulfonamides is 1. The molecule has 21 heavy (non-hydrogen) atoms. The minimum atomic E-state index is -3.74. The molecule has 0 spiro atoms. The van der Waals surface area contributed by atoms with Gasteiger partial charge in [-0.2, -0.15) is 4.31 Å². The van der Waals surface area contributed by atoms with Crippen molar-refractivity contribution in [3.05, 3.63) is 28.3 Å². The Hall–Kier alpha value is -1.71. The van der Waals surface area contributed by atoms with Crippen molar-refractivity contribution >= 4 is 15.7 Å². The Balaban J connectivity index is 2.37. The SMILES string of the molecule is COc1ccc(S(=O)(=O)N2CCC(CN)C2)cc1[N+](=O)[O-]. The van der Waals surface area contributed by atoms with Gasteiger partial charge in [-0.25, -0.2) is 8.42 Å². The molecule has 116 valence electrons. The van der Waals surface area contributed by atoms with Gasteiger partial charge in [-0.1, -0.05) is 0 Å². The minimum Gasteiger partial charge on any atom is -0.490 e. The zero-order chi connectivity index (χ0) is 15.6. The van der Waals surface area contributed by atoms with E-state index < -0.39 is 14.9 Å². The van der Waals surface area contributed by atoms with Crippen molar-refractivity contribution < 1.29 is 18.1 Å². The van der Waals surface area contributed by atoms with Crippen molar-refractivity contribution in [2.75, 3.05) is 26.7 Å². The summed E-state index contributed by atoms with van der Waals surface area (Å²) in [6.45, 7) is 1.15. The van der Waals surface area contributed by atoms with Crippen LogP contribution < -0.4 is 10.5 Å². The van der Waals surface area contributed by atoms with Crippen LogP contribution in [-0.4, -0.2) is 44.4 Å². The Bertz CT molecular complexity index is 646. The van der Waals surface area contributed by atoms with Crippen LogP contribution in [0.15, 0.2) is 23.1 Å². The average molecular weight is 315 g/mol. The highest BCUT2D eigenvalue weighted by atomic mass is 32.2. The second kappa shape index (κ2) is 5.96. The Kier molecular flexibility index (Phi) is 4.45. The summed E-state index contributed by atoms with van der Waals surface area (Å²) >= 11 is 0. The van der Waals surface area contributed by atoms with E-state index in [2.05, 4.69) is 0 Å². The van der Waals surface area contributed by atoms with Gasteiger partial charge in [0.05, 0.1) is 16.9 Å². The third-order valence-corrected chi connectivity index (χ3v) is 5.43. The fraction of sp³-hybridized carbons (Fsp3) is 0.500. The largest absolute Gasteiger partial charge is 0.490 e. The van der Waals surface area contributed by atoms with Crippen LogP contribution in [0.2, 0.25) is 0 Å². The van der Waals surface area contributed by atoms with E-state index in [-0.39, 0.29) is 22.3 Å². The van der Waals surface area contributed by atoms with Gasteiger partial charge in [0, 0.05) is 19.2 Å². The van der Waals surface area contributed by atoms with Crippen LogP contribution in [0.3, 0.4) is 0 Å². The molecule has 0 saturated carbocycles. The van der Waals surface area contributed by atoms with Gasteiger partial charge in [0.1, 0.15) is 0 Å². The molecule has 0 aliphatic carbocycles. The van der Waals surface area contributed by atoms with Gasteiger partial charge in [0.2, 0.25) is 10.0 Å². The van der Waals surface area contributed by atoms with Crippen molar-refractivity contribution in [3.63, 3.8) is 0 Å². The van der Waals surface area contributed by atoms with Crippen LogP contribution in [0.4, 0.5) is 5.69 Å². The summed E-state index contributed by atoms with van der Waals surface area (Å²) in [5, 5.41) is 11.0. The Morgan fingerprint density at radius 3 is 2.76 bits per heavy atom. The van der Waals surface area contributed by atoms with Crippen molar-refractivity contribution in [3.8, 4) is 5.75 Å². The van der Waals surface area contributed by atoms with E-state index in [0.717, 1.165) is 6.07 Å². The molecule has 1 aliphatic rings. The van der Waals surface area contributed by atoms with E-state index in [1.807, 2.05) is 0 Å². The third-order valence-electron chi connectivity index (χ3n) is 3.57. The van der Waals surface area contributed by atoms with E-state index in [0.29, 0.717) is 26.1 Å². The van der Waals surface area contributed by atoms with Gasteiger partial charge in [0.15, 0.2) is 5.75 Å². The number of nitrogens with zero attached hydrogens (tertiary/aromatic N) is 2. The molecule has 0 aromatic heterocycles. The van der Waals surface area contributed by atoms with Crippen LogP contribution >= 0.6 is 0 Å². The van der Waals surface area contributed by atoms with Gasteiger partial charge in [-0.15, -0.1) is 0 Å². The lowest BCUT2D eigenvalue weighted by molar-refractivity contribution is -0.386. The number of rotatable bonds is 5. The van der Waals surface area contributed by atoms with Crippen LogP contribution in [0.5, 0.6) is 5.75 Å². The molecule has 1 atom stereocenters. The number of nitro benzene ring substituents is 1. The lowest BCUT2D eigenvalue weighted by atomic mass is 10.1. The predicted molar refractivity (Wildman–Crippen MR) is 75.6 cm³/mol. The molecule has 0 radical (unpaired) electrons. The summed E-state index contributed by atoms with van der Waals surface area (Å²) in [5.74, 6) is 0.160. The minimum absolute atomic E-state index is 0.0280. The Morgan fingerprint density at radius 2 is 2.24 bits per heavy atom. The van der Waals surface area contributed by atoms with Crippen LogP contribution in [0, 0.1) is 16.0 Å². The first kappa shape index (κ1) is 15.7. The summed E-state index contributed by atoms with van der Waals surface area (Å²) in [6, 6.07) is 3.64. The molecule has 2 N–H and O–H groups in total. The number of benzene rings is 1. The molecule has 1 saturated heterocycles. The maximum atomic E-state index is 12.5. The van der Waals surface area contributed by atoms with Crippen molar-refractivity contribution in [2.24, 2.45) is 11.7 Å². The number of hydrogen-bond donors (Lipinski definition) is 1. The summed E-state index contributed by atoms with van der Waals surface area (Å²) < 4.78 is 31.2. The lowest BCUT2D eigenvalue weighted by Gasteiger charge is -2.16. The monoisotopic (exact) mass is 315 g/mol. The summed E-state index contributed by atoms with van der Waals surface area (Å²) in [4.78, 5) is 10.2. The average Bonchev–Trinajstić information content (AvgIpc) is 2.96. The van der Waals surface area contributed by atoms with Crippen LogP contribution in [0.1, 0.15) is 6.42 Å². The van der Waals surface area contributed by atoms with E-state index in [9.17, 15) is 18.5 Å². The van der Waals surface area contributed by atoms with Crippen molar-refractivity contribution in [1.82, 2.24) is 4.31 Å². The summed E-state index contributed by atoms with van der Waals surface area (Å²) in [5.41, 5.74) is 5.18. The molecule has 9 heteroatoms. The molecular weight excluding hydrogens is 298 g/mol. The quantitative estimate of drug-likeness (QED) is 0.627. The van der Waals surface area contributed by atoms with Crippen LogP contribution in [-0.2, 0) is 10.0 Å². The first-order valence-electron chi connectivity index (χ1n) is 6.42. The highest BCUT2D eigenvalue weighted by Crippen LogP contribution is 2.31. The Morgan fingerprint density at radius 1 is 1.52 bits per heavy atom. The van der Waals surface area contributed by atoms with Gasteiger partial charge < -0.3 is 10.5 Å².